The number of hydrogen-bond donors (Lipinski definition) is 0. The van der Waals surface area contributed by atoms with Gasteiger partial charge in [0.15, 0.2) is 5.79 Å². The van der Waals surface area contributed by atoms with Crippen LogP contribution in [-0.2, 0) is 8.85 Å². The van der Waals surface area contributed by atoms with Gasteiger partial charge >= 0.3 is 0 Å². The molecule has 1 atom stereocenters. The van der Waals surface area contributed by atoms with Crippen LogP contribution in [0, 0.1) is 5.41 Å². The first kappa shape index (κ1) is 17.4. The van der Waals surface area contributed by atoms with Crippen molar-refractivity contribution in [3.8, 4) is 0 Å². The van der Waals surface area contributed by atoms with E-state index < -0.39 is 14.1 Å². The molecule has 2 aromatic carbocycles. The van der Waals surface area contributed by atoms with Crippen molar-refractivity contribution in [3.63, 3.8) is 0 Å². The van der Waals surface area contributed by atoms with E-state index in [4.69, 9.17) is 8.85 Å². The summed E-state index contributed by atoms with van der Waals surface area (Å²) in [6, 6.07) is 22.4. The molecule has 0 amide bonds. The molecule has 3 rings (SSSR count). The molecule has 0 radical (unpaired) electrons. The van der Waals surface area contributed by atoms with Crippen molar-refractivity contribution in [1.29, 1.82) is 0 Å². The lowest BCUT2D eigenvalue weighted by Crippen LogP contribution is -2.70. The molecule has 126 valence electrons. The molecule has 1 aliphatic heterocycles. The van der Waals surface area contributed by atoms with E-state index in [1.807, 2.05) is 6.08 Å². The van der Waals surface area contributed by atoms with Gasteiger partial charge in [0.2, 0.25) is 0 Å². The Kier molecular flexibility index (Phi) is 4.66. The van der Waals surface area contributed by atoms with Crippen molar-refractivity contribution in [2.45, 2.75) is 32.1 Å². The summed E-state index contributed by atoms with van der Waals surface area (Å²) in [5, 5.41) is 2.60. The lowest BCUT2D eigenvalue weighted by molar-refractivity contribution is -0.167. The van der Waals surface area contributed by atoms with Gasteiger partial charge in [-0.25, -0.2) is 0 Å². The lowest BCUT2D eigenvalue weighted by Gasteiger charge is -2.54. The Morgan fingerprint density at radius 2 is 1.54 bits per heavy atom. The highest BCUT2D eigenvalue weighted by Crippen LogP contribution is 2.47. The van der Waals surface area contributed by atoms with Crippen molar-refractivity contribution in [2.75, 3.05) is 0 Å². The van der Waals surface area contributed by atoms with Crippen LogP contribution in [-0.4, -0.2) is 24.6 Å². The Hall–Kier alpha value is -1.47. The fraction of sp³-hybridized carbons (Fsp3) is 0.300. The number of rotatable bonds is 4. The van der Waals surface area contributed by atoms with E-state index in [-0.39, 0.29) is 5.41 Å². The lowest BCUT2D eigenvalue weighted by atomic mass is 9.80. The molecule has 1 heterocycles. The SMILES string of the molecule is C=CC1(O[SiH3])O[Si](c2ccccc2)(c2ccccc2)CCC1(C)C. The average molecular weight is 355 g/mol. The zero-order valence-electron chi connectivity index (χ0n) is 14.8. The van der Waals surface area contributed by atoms with E-state index in [1.165, 1.54) is 10.4 Å². The molecule has 0 aromatic heterocycles. The molecular formula is C20H26O2Si2. The van der Waals surface area contributed by atoms with E-state index in [0.717, 1.165) is 12.5 Å². The third-order valence-electron chi connectivity index (χ3n) is 5.42. The van der Waals surface area contributed by atoms with Gasteiger partial charge in [-0.2, -0.15) is 0 Å². The summed E-state index contributed by atoms with van der Waals surface area (Å²) < 4.78 is 13.1. The molecule has 4 heteroatoms. The highest BCUT2D eigenvalue weighted by Gasteiger charge is 2.57. The fourth-order valence-electron chi connectivity index (χ4n) is 3.82. The van der Waals surface area contributed by atoms with Crippen LogP contribution in [0.2, 0.25) is 6.04 Å². The molecule has 2 nitrogen and oxygen atoms in total. The van der Waals surface area contributed by atoms with E-state index in [2.05, 4.69) is 81.1 Å². The summed E-state index contributed by atoms with van der Waals surface area (Å²) in [6.45, 7) is 8.52. The second kappa shape index (κ2) is 6.44. The van der Waals surface area contributed by atoms with Crippen LogP contribution in [0.5, 0.6) is 0 Å². The summed E-state index contributed by atoms with van der Waals surface area (Å²) in [5.74, 6) is -0.713. The summed E-state index contributed by atoms with van der Waals surface area (Å²) in [5.41, 5.74) is -0.0867. The maximum Gasteiger partial charge on any atom is 0.260 e. The Balaban J connectivity index is 2.19. The first-order valence-electron chi connectivity index (χ1n) is 8.50. The molecule has 1 aliphatic rings. The smallest absolute Gasteiger partial charge is 0.260 e. The van der Waals surface area contributed by atoms with Gasteiger partial charge in [-0.05, 0) is 28.9 Å². The maximum absolute atomic E-state index is 6.98. The van der Waals surface area contributed by atoms with E-state index in [9.17, 15) is 0 Å². The molecule has 0 saturated carbocycles. The minimum atomic E-state index is -2.38. The highest BCUT2D eigenvalue weighted by molar-refractivity contribution is 6.97. The van der Waals surface area contributed by atoms with Crippen LogP contribution in [0.4, 0.5) is 0 Å². The molecule has 0 aliphatic carbocycles. The predicted octanol–water partition coefficient (Wildman–Crippen LogP) is 2.37. The minimum absolute atomic E-state index is 0.0867. The van der Waals surface area contributed by atoms with Crippen LogP contribution in [0.3, 0.4) is 0 Å². The Bertz CT molecular complexity index is 661. The molecule has 1 saturated heterocycles. The quantitative estimate of drug-likeness (QED) is 0.620. The van der Waals surface area contributed by atoms with Crippen LogP contribution in [0.15, 0.2) is 73.3 Å². The van der Waals surface area contributed by atoms with Crippen molar-refractivity contribution >= 4 is 29.2 Å². The monoisotopic (exact) mass is 354 g/mol. The van der Waals surface area contributed by atoms with Crippen LogP contribution in [0.1, 0.15) is 20.3 Å². The van der Waals surface area contributed by atoms with E-state index in [0.29, 0.717) is 10.5 Å². The summed E-state index contributed by atoms with van der Waals surface area (Å²) >= 11 is 0. The summed E-state index contributed by atoms with van der Waals surface area (Å²) in [6.07, 6.45) is 2.93. The Morgan fingerprint density at radius 3 is 1.96 bits per heavy atom. The van der Waals surface area contributed by atoms with E-state index >= 15 is 0 Å². The van der Waals surface area contributed by atoms with Gasteiger partial charge in [-0.3, -0.25) is 0 Å². The first-order chi connectivity index (χ1) is 11.5. The number of benzene rings is 2. The third kappa shape index (κ3) is 2.63. The topological polar surface area (TPSA) is 18.5 Å². The molecule has 0 bridgehead atoms. The van der Waals surface area contributed by atoms with Gasteiger partial charge < -0.3 is 8.85 Å². The van der Waals surface area contributed by atoms with Gasteiger partial charge in [0.05, 0.1) is 0 Å². The first-order valence-corrected chi connectivity index (χ1v) is 11.4. The third-order valence-corrected chi connectivity index (χ3v) is 10.2. The predicted molar refractivity (Wildman–Crippen MR) is 106 cm³/mol. The average Bonchev–Trinajstić information content (AvgIpc) is 2.64. The highest BCUT2D eigenvalue weighted by atomic mass is 28.4. The molecule has 24 heavy (non-hydrogen) atoms. The van der Waals surface area contributed by atoms with Crippen LogP contribution >= 0.6 is 0 Å². The zero-order chi connectivity index (χ0) is 17.3. The second-order valence-corrected chi connectivity index (χ2v) is 11.0. The summed E-state index contributed by atoms with van der Waals surface area (Å²) in [7, 11) is -1.76. The molecule has 2 aromatic rings. The van der Waals surface area contributed by atoms with Gasteiger partial charge in [-0.1, -0.05) is 81.1 Å². The van der Waals surface area contributed by atoms with Crippen LogP contribution < -0.4 is 10.4 Å². The molecular weight excluding hydrogens is 328 g/mol. The Labute approximate surface area is 149 Å². The van der Waals surface area contributed by atoms with E-state index in [1.54, 1.807) is 0 Å². The van der Waals surface area contributed by atoms with Gasteiger partial charge in [0, 0.05) is 5.41 Å². The standard InChI is InChI=1S/C20H26O2Si2/c1-4-20(21-23)19(2,3)15-16-24(22-20,17-11-7-5-8-12-17)18-13-9-6-10-14-18/h4-14H,1,15-16H2,2-3,23H3. The molecule has 1 fully saturated rings. The molecule has 1 unspecified atom stereocenters. The van der Waals surface area contributed by atoms with Crippen molar-refractivity contribution in [3.05, 3.63) is 73.3 Å². The largest absolute Gasteiger partial charge is 0.399 e. The van der Waals surface area contributed by atoms with Crippen molar-refractivity contribution < 1.29 is 8.85 Å². The van der Waals surface area contributed by atoms with Gasteiger partial charge in [0.1, 0.15) is 10.5 Å². The Morgan fingerprint density at radius 1 is 1.04 bits per heavy atom. The van der Waals surface area contributed by atoms with Gasteiger partial charge in [-0.15, -0.1) is 0 Å². The zero-order valence-corrected chi connectivity index (χ0v) is 17.8. The summed E-state index contributed by atoms with van der Waals surface area (Å²) in [4.78, 5) is 0. The minimum Gasteiger partial charge on any atom is -0.399 e. The fourth-order valence-corrected chi connectivity index (χ4v) is 9.44. The van der Waals surface area contributed by atoms with Gasteiger partial charge in [0.25, 0.3) is 8.32 Å². The molecule has 0 spiro atoms. The number of hydrogen-bond acceptors (Lipinski definition) is 2. The van der Waals surface area contributed by atoms with Crippen LogP contribution in [0.25, 0.3) is 0 Å². The van der Waals surface area contributed by atoms with Crippen molar-refractivity contribution in [1.82, 2.24) is 0 Å². The molecule has 0 N–H and O–H groups in total. The van der Waals surface area contributed by atoms with Crippen molar-refractivity contribution in [2.24, 2.45) is 5.41 Å². The normalized spacial score (nSPS) is 25.2. The maximum atomic E-state index is 6.98. The second-order valence-electron chi connectivity index (χ2n) is 7.12.